The van der Waals surface area contributed by atoms with Crippen LogP contribution in [0.4, 0.5) is 0 Å². The van der Waals surface area contributed by atoms with Crippen LogP contribution in [0.25, 0.3) is 0 Å². The van der Waals surface area contributed by atoms with Crippen molar-refractivity contribution in [2.24, 2.45) is 11.8 Å². The molecule has 0 radical (unpaired) electrons. The molecule has 2 nitrogen and oxygen atoms in total. The molecule has 1 N–H and O–H groups in total. The monoisotopic (exact) mass is 226 g/mol. The van der Waals surface area contributed by atoms with Crippen LogP contribution in [-0.2, 0) is 0 Å². The van der Waals surface area contributed by atoms with E-state index in [2.05, 4.69) is 31.0 Å². The molecule has 0 bridgehead atoms. The van der Waals surface area contributed by atoms with Gasteiger partial charge in [0.25, 0.3) is 0 Å². The van der Waals surface area contributed by atoms with Crippen LogP contribution in [0.5, 0.6) is 0 Å². The van der Waals surface area contributed by atoms with Gasteiger partial charge < -0.3 is 10.2 Å². The van der Waals surface area contributed by atoms with Gasteiger partial charge in [-0.1, -0.05) is 40.0 Å². The molecule has 96 valence electrons. The molecule has 0 spiro atoms. The van der Waals surface area contributed by atoms with Gasteiger partial charge in [0.2, 0.25) is 0 Å². The summed E-state index contributed by atoms with van der Waals surface area (Å²) >= 11 is 0. The minimum atomic E-state index is 0.811. The molecule has 1 rings (SSSR count). The lowest BCUT2D eigenvalue weighted by molar-refractivity contribution is 0.213. The minimum Gasteiger partial charge on any atom is -0.315 e. The van der Waals surface area contributed by atoms with E-state index in [1.54, 1.807) is 0 Å². The number of rotatable bonds is 6. The highest BCUT2D eigenvalue weighted by Gasteiger charge is 2.17. The van der Waals surface area contributed by atoms with Crippen LogP contribution in [0.1, 0.15) is 46.5 Å². The maximum absolute atomic E-state index is 3.52. The summed E-state index contributed by atoms with van der Waals surface area (Å²) in [4.78, 5) is 2.68. The van der Waals surface area contributed by atoms with Crippen molar-refractivity contribution in [3.05, 3.63) is 0 Å². The van der Waals surface area contributed by atoms with Crippen LogP contribution in [0, 0.1) is 11.8 Å². The average Bonchev–Trinajstić information content (AvgIpc) is 2.48. The van der Waals surface area contributed by atoms with Gasteiger partial charge in [-0.3, -0.25) is 0 Å². The standard InChI is InChI=1S/C14H30N2/c1-4-6-7-14(5-2)12-16-9-8-15-10-13(3)11-16/h13-15H,4-12H2,1-3H3. The van der Waals surface area contributed by atoms with Gasteiger partial charge in [-0.2, -0.15) is 0 Å². The van der Waals surface area contributed by atoms with Crippen molar-refractivity contribution in [3.63, 3.8) is 0 Å². The van der Waals surface area contributed by atoms with Crippen LogP contribution in [-0.4, -0.2) is 37.6 Å². The van der Waals surface area contributed by atoms with E-state index in [1.165, 1.54) is 58.4 Å². The normalized spacial score (nSPS) is 25.3. The van der Waals surface area contributed by atoms with Crippen molar-refractivity contribution in [1.29, 1.82) is 0 Å². The van der Waals surface area contributed by atoms with Crippen molar-refractivity contribution in [2.75, 3.05) is 32.7 Å². The molecule has 16 heavy (non-hydrogen) atoms. The molecule has 0 aromatic rings. The summed E-state index contributed by atoms with van der Waals surface area (Å²) in [6.07, 6.45) is 5.51. The van der Waals surface area contributed by atoms with Gasteiger partial charge in [0.15, 0.2) is 0 Å². The summed E-state index contributed by atoms with van der Waals surface area (Å²) in [7, 11) is 0. The SMILES string of the molecule is CCCCC(CC)CN1CCNCC(C)C1. The van der Waals surface area contributed by atoms with Crippen molar-refractivity contribution in [3.8, 4) is 0 Å². The number of hydrogen-bond donors (Lipinski definition) is 1. The van der Waals surface area contributed by atoms with Crippen LogP contribution in [0.3, 0.4) is 0 Å². The summed E-state index contributed by atoms with van der Waals surface area (Å²) < 4.78 is 0. The van der Waals surface area contributed by atoms with Gasteiger partial charge in [-0.05, 0) is 24.8 Å². The third-order valence-electron chi connectivity index (χ3n) is 3.73. The van der Waals surface area contributed by atoms with E-state index in [0.717, 1.165) is 11.8 Å². The first-order chi connectivity index (χ1) is 7.76. The molecule has 0 aliphatic carbocycles. The van der Waals surface area contributed by atoms with E-state index in [9.17, 15) is 0 Å². The van der Waals surface area contributed by atoms with E-state index in [1.807, 2.05) is 0 Å². The van der Waals surface area contributed by atoms with E-state index >= 15 is 0 Å². The van der Waals surface area contributed by atoms with Crippen molar-refractivity contribution in [2.45, 2.75) is 46.5 Å². The second-order valence-corrected chi connectivity index (χ2v) is 5.49. The quantitative estimate of drug-likeness (QED) is 0.749. The van der Waals surface area contributed by atoms with E-state index in [0.29, 0.717) is 0 Å². The Hall–Kier alpha value is -0.0800. The molecule has 0 aromatic heterocycles. The first-order valence-electron chi connectivity index (χ1n) is 7.19. The highest BCUT2D eigenvalue weighted by Crippen LogP contribution is 2.15. The molecular weight excluding hydrogens is 196 g/mol. The number of hydrogen-bond acceptors (Lipinski definition) is 2. The molecule has 2 heteroatoms. The molecule has 0 aromatic carbocycles. The predicted molar refractivity (Wildman–Crippen MR) is 71.8 cm³/mol. The van der Waals surface area contributed by atoms with Crippen LogP contribution >= 0.6 is 0 Å². The molecule has 1 heterocycles. The fraction of sp³-hybridized carbons (Fsp3) is 1.00. The Morgan fingerprint density at radius 1 is 1.38 bits per heavy atom. The second kappa shape index (κ2) is 8.08. The lowest BCUT2D eigenvalue weighted by Crippen LogP contribution is -2.34. The van der Waals surface area contributed by atoms with Gasteiger partial charge in [0, 0.05) is 26.2 Å². The Morgan fingerprint density at radius 2 is 2.19 bits per heavy atom. The Balaban J connectivity index is 2.31. The molecule has 0 saturated carbocycles. The Morgan fingerprint density at radius 3 is 2.88 bits per heavy atom. The third-order valence-corrected chi connectivity index (χ3v) is 3.73. The maximum atomic E-state index is 3.52. The molecule has 1 aliphatic rings. The summed E-state index contributed by atoms with van der Waals surface area (Å²) in [6.45, 7) is 13.2. The summed E-state index contributed by atoms with van der Waals surface area (Å²) in [5, 5.41) is 3.52. The van der Waals surface area contributed by atoms with Crippen LogP contribution < -0.4 is 5.32 Å². The Kier molecular flexibility index (Phi) is 7.06. The van der Waals surface area contributed by atoms with Gasteiger partial charge in [-0.25, -0.2) is 0 Å². The number of nitrogens with zero attached hydrogens (tertiary/aromatic N) is 1. The average molecular weight is 226 g/mol. The Bertz CT molecular complexity index is 170. The molecule has 2 atom stereocenters. The zero-order chi connectivity index (χ0) is 11.8. The fourth-order valence-corrected chi connectivity index (χ4v) is 2.63. The molecular formula is C14H30N2. The summed E-state index contributed by atoms with van der Waals surface area (Å²) in [6, 6.07) is 0. The van der Waals surface area contributed by atoms with Gasteiger partial charge >= 0.3 is 0 Å². The van der Waals surface area contributed by atoms with E-state index in [-0.39, 0.29) is 0 Å². The van der Waals surface area contributed by atoms with E-state index < -0.39 is 0 Å². The molecule has 2 unspecified atom stereocenters. The third kappa shape index (κ3) is 5.31. The van der Waals surface area contributed by atoms with Crippen molar-refractivity contribution in [1.82, 2.24) is 10.2 Å². The van der Waals surface area contributed by atoms with Crippen LogP contribution in [0.15, 0.2) is 0 Å². The molecule has 1 fully saturated rings. The van der Waals surface area contributed by atoms with Gasteiger partial charge in [0.05, 0.1) is 0 Å². The van der Waals surface area contributed by atoms with Crippen molar-refractivity contribution < 1.29 is 0 Å². The maximum Gasteiger partial charge on any atom is 0.0107 e. The smallest absolute Gasteiger partial charge is 0.0107 e. The van der Waals surface area contributed by atoms with Crippen LogP contribution in [0.2, 0.25) is 0 Å². The molecule has 1 aliphatic heterocycles. The lowest BCUT2D eigenvalue weighted by Gasteiger charge is -2.26. The van der Waals surface area contributed by atoms with Crippen molar-refractivity contribution >= 4 is 0 Å². The topological polar surface area (TPSA) is 15.3 Å². The van der Waals surface area contributed by atoms with E-state index in [4.69, 9.17) is 0 Å². The second-order valence-electron chi connectivity index (χ2n) is 5.49. The Labute approximate surface area is 102 Å². The largest absolute Gasteiger partial charge is 0.315 e. The highest BCUT2D eigenvalue weighted by atomic mass is 15.2. The lowest BCUT2D eigenvalue weighted by atomic mass is 9.98. The number of unbranched alkanes of at least 4 members (excludes halogenated alkanes) is 1. The molecule has 1 saturated heterocycles. The molecule has 0 amide bonds. The summed E-state index contributed by atoms with van der Waals surface area (Å²) in [5.41, 5.74) is 0. The zero-order valence-electron chi connectivity index (χ0n) is 11.5. The van der Waals surface area contributed by atoms with Gasteiger partial charge in [0.1, 0.15) is 0 Å². The van der Waals surface area contributed by atoms with Gasteiger partial charge in [-0.15, -0.1) is 0 Å². The predicted octanol–water partition coefficient (Wildman–Crippen LogP) is 2.74. The first kappa shape index (κ1) is 14.0. The highest BCUT2D eigenvalue weighted by molar-refractivity contribution is 4.73. The minimum absolute atomic E-state index is 0.811. The number of nitrogens with one attached hydrogen (secondary N) is 1. The zero-order valence-corrected chi connectivity index (χ0v) is 11.5. The fourth-order valence-electron chi connectivity index (χ4n) is 2.63. The first-order valence-corrected chi connectivity index (χ1v) is 7.19. The summed E-state index contributed by atoms with van der Waals surface area (Å²) in [5.74, 6) is 1.73.